The maximum Gasteiger partial charge on any atom is 0.335 e. The lowest BCUT2D eigenvalue weighted by molar-refractivity contribution is -0.128. The van der Waals surface area contributed by atoms with E-state index in [0.29, 0.717) is 22.4 Å². The lowest BCUT2D eigenvalue weighted by atomic mass is 9.81. The fourth-order valence-electron chi connectivity index (χ4n) is 4.35. The standard InChI is InChI=1S/C27H29FN2O2/c1-7-10-16(3)18-13-17(27(4,5)6)14-19-22(32-23(31)8-2)15-30-25-20(28)11-9-12-21(25)29-26(30)24(18)19/h8-9,11-16H,2,7,10H2,1,3-6H3. The van der Waals surface area contributed by atoms with Gasteiger partial charge in [-0.15, -0.1) is 0 Å². The number of aromatic nitrogens is 2. The van der Waals surface area contributed by atoms with Crippen LogP contribution in [0.25, 0.3) is 27.5 Å². The van der Waals surface area contributed by atoms with Crippen LogP contribution in [0.2, 0.25) is 0 Å². The first-order valence-electron chi connectivity index (χ1n) is 11.1. The number of para-hydroxylation sites is 1. The fraction of sp³-hybridized carbons (Fsp3) is 0.333. The van der Waals surface area contributed by atoms with Gasteiger partial charge in [-0.25, -0.2) is 14.2 Å². The number of nitrogens with zero attached hydrogens (tertiary/aromatic N) is 2. The van der Waals surface area contributed by atoms with Crippen LogP contribution < -0.4 is 4.74 Å². The molecule has 4 nitrogen and oxygen atoms in total. The number of carbonyl (C=O) groups is 1. The van der Waals surface area contributed by atoms with E-state index in [2.05, 4.69) is 53.3 Å². The molecule has 0 aliphatic carbocycles. The minimum Gasteiger partial charge on any atom is -0.421 e. The molecule has 0 aliphatic rings. The van der Waals surface area contributed by atoms with E-state index in [1.807, 2.05) is 0 Å². The van der Waals surface area contributed by atoms with Crippen molar-refractivity contribution < 1.29 is 13.9 Å². The molecule has 1 unspecified atom stereocenters. The van der Waals surface area contributed by atoms with Crippen LogP contribution >= 0.6 is 0 Å². The molecule has 5 heteroatoms. The van der Waals surface area contributed by atoms with Gasteiger partial charge in [0.05, 0.1) is 11.7 Å². The van der Waals surface area contributed by atoms with Gasteiger partial charge in [-0.1, -0.05) is 59.8 Å². The van der Waals surface area contributed by atoms with Gasteiger partial charge in [-0.3, -0.25) is 4.40 Å². The predicted molar refractivity (Wildman–Crippen MR) is 128 cm³/mol. The fourth-order valence-corrected chi connectivity index (χ4v) is 4.35. The van der Waals surface area contributed by atoms with Crippen molar-refractivity contribution >= 4 is 33.4 Å². The molecule has 0 N–H and O–H groups in total. The van der Waals surface area contributed by atoms with E-state index >= 15 is 0 Å². The number of rotatable bonds is 5. The zero-order chi connectivity index (χ0) is 23.2. The average Bonchev–Trinajstić information content (AvgIpc) is 3.12. The van der Waals surface area contributed by atoms with Crippen molar-refractivity contribution in [2.24, 2.45) is 0 Å². The molecule has 0 saturated heterocycles. The summed E-state index contributed by atoms with van der Waals surface area (Å²) in [4.78, 5) is 17.0. The SMILES string of the molecule is C=CC(=O)Oc1cn2c(nc3cccc(F)c32)c2c(C(C)CCC)cc(C(C)(C)C)cc12. The van der Waals surface area contributed by atoms with Crippen molar-refractivity contribution in [3.05, 3.63) is 66.1 Å². The van der Waals surface area contributed by atoms with Crippen LogP contribution in [-0.2, 0) is 10.2 Å². The monoisotopic (exact) mass is 432 g/mol. The molecule has 2 aromatic heterocycles. The minimum atomic E-state index is -0.556. The van der Waals surface area contributed by atoms with Crippen molar-refractivity contribution in [1.29, 1.82) is 0 Å². The molecular weight excluding hydrogens is 403 g/mol. The smallest absolute Gasteiger partial charge is 0.335 e. The lowest BCUT2D eigenvalue weighted by Gasteiger charge is -2.24. The lowest BCUT2D eigenvalue weighted by Crippen LogP contribution is -2.13. The van der Waals surface area contributed by atoms with Crippen molar-refractivity contribution in [2.45, 2.75) is 58.8 Å². The second-order valence-corrected chi connectivity index (χ2v) is 9.46. The summed E-state index contributed by atoms with van der Waals surface area (Å²) in [6.45, 7) is 14.4. The van der Waals surface area contributed by atoms with E-state index in [1.54, 1.807) is 22.7 Å². The molecule has 2 aromatic carbocycles. The topological polar surface area (TPSA) is 43.6 Å². The van der Waals surface area contributed by atoms with Crippen LogP contribution in [0.5, 0.6) is 5.75 Å². The quantitative estimate of drug-likeness (QED) is 0.250. The van der Waals surface area contributed by atoms with E-state index in [1.165, 1.54) is 6.07 Å². The van der Waals surface area contributed by atoms with Crippen molar-refractivity contribution in [1.82, 2.24) is 9.38 Å². The highest BCUT2D eigenvalue weighted by Gasteiger charge is 2.24. The average molecular weight is 433 g/mol. The number of pyridine rings is 1. The van der Waals surface area contributed by atoms with Crippen molar-refractivity contribution in [2.75, 3.05) is 0 Å². The van der Waals surface area contributed by atoms with E-state index in [9.17, 15) is 9.18 Å². The van der Waals surface area contributed by atoms with Crippen LogP contribution in [0, 0.1) is 5.82 Å². The zero-order valence-electron chi connectivity index (χ0n) is 19.3. The summed E-state index contributed by atoms with van der Waals surface area (Å²) in [6, 6.07) is 9.17. The molecule has 1 atom stereocenters. The first-order valence-corrected chi connectivity index (χ1v) is 11.1. The Balaban J connectivity index is 2.23. The third kappa shape index (κ3) is 3.66. The van der Waals surface area contributed by atoms with Crippen molar-refractivity contribution in [3.63, 3.8) is 0 Å². The highest BCUT2D eigenvalue weighted by atomic mass is 19.1. The number of hydrogen-bond acceptors (Lipinski definition) is 3. The summed E-state index contributed by atoms with van der Waals surface area (Å²) in [5, 5.41) is 1.69. The van der Waals surface area contributed by atoms with Crippen LogP contribution in [-0.4, -0.2) is 15.4 Å². The number of benzene rings is 2. The Morgan fingerprint density at radius 1 is 1.31 bits per heavy atom. The summed E-state index contributed by atoms with van der Waals surface area (Å²) in [6.07, 6.45) is 4.84. The summed E-state index contributed by atoms with van der Waals surface area (Å²) in [5.74, 6) is -0.302. The Morgan fingerprint density at radius 3 is 2.72 bits per heavy atom. The van der Waals surface area contributed by atoms with Crippen LogP contribution in [0.4, 0.5) is 4.39 Å². The molecule has 32 heavy (non-hydrogen) atoms. The third-order valence-corrected chi connectivity index (χ3v) is 6.06. The molecule has 0 aliphatic heterocycles. The van der Waals surface area contributed by atoms with Gasteiger partial charge < -0.3 is 4.74 Å². The Morgan fingerprint density at radius 2 is 2.06 bits per heavy atom. The van der Waals surface area contributed by atoms with E-state index in [-0.39, 0.29) is 17.2 Å². The van der Waals surface area contributed by atoms with Gasteiger partial charge in [0.15, 0.2) is 5.75 Å². The van der Waals surface area contributed by atoms with Gasteiger partial charge in [0.1, 0.15) is 17.0 Å². The molecule has 4 rings (SSSR count). The Labute approximate surface area is 187 Å². The molecule has 4 aromatic rings. The summed E-state index contributed by atoms with van der Waals surface area (Å²) in [5.41, 5.74) is 3.77. The number of imidazole rings is 1. The zero-order valence-corrected chi connectivity index (χ0v) is 19.3. The van der Waals surface area contributed by atoms with Gasteiger partial charge in [0.2, 0.25) is 0 Å². The molecule has 166 valence electrons. The van der Waals surface area contributed by atoms with Crippen LogP contribution in [0.15, 0.2) is 49.2 Å². The second-order valence-electron chi connectivity index (χ2n) is 9.46. The van der Waals surface area contributed by atoms with E-state index < -0.39 is 5.97 Å². The van der Waals surface area contributed by atoms with Crippen LogP contribution in [0.1, 0.15) is 64.5 Å². The van der Waals surface area contributed by atoms with E-state index in [4.69, 9.17) is 9.72 Å². The Kier molecular flexibility index (Phi) is 5.53. The number of ether oxygens (including phenoxy) is 1. The number of hydrogen-bond donors (Lipinski definition) is 0. The summed E-state index contributed by atoms with van der Waals surface area (Å²) < 4.78 is 22.2. The summed E-state index contributed by atoms with van der Waals surface area (Å²) in [7, 11) is 0. The molecule has 0 bridgehead atoms. The largest absolute Gasteiger partial charge is 0.421 e. The highest BCUT2D eigenvalue weighted by molar-refractivity contribution is 6.05. The Hall–Kier alpha value is -3.21. The maximum absolute atomic E-state index is 14.8. The van der Waals surface area contributed by atoms with Gasteiger partial charge in [-0.2, -0.15) is 0 Å². The number of esters is 1. The van der Waals surface area contributed by atoms with Crippen LogP contribution in [0.3, 0.4) is 0 Å². The second kappa shape index (κ2) is 8.05. The molecule has 2 heterocycles. The molecule has 0 radical (unpaired) electrons. The minimum absolute atomic E-state index is 0.104. The highest BCUT2D eigenvalue weighted by Crippen LogP contribution is 2.41. The van der Waals surface area contributed by atoms with Gasteiger partial charge in [-0.05, 0) is 47.1 Å². The number of carbonyl (C=O) groups excluding carboxylic acids is 1. The molecule has 0 saturated carbocycles. The molecule has 0 fully saturated rings. The molecule has 0 amide bonds. The maximum atomic E-state index is 14.8. The first-order chi connectivity index (χ1) is 15.2. The van der Waals surface area contributed by atoms with Gasteiger partial charge >= 0.3 is 5.97 Å². The van der Waals surface area contributed by atoms with E-state index in [0.717, 1.165) is 40.8 Å². The Bertz CT molecular complexity index is 1360. The number of fused-ring (bicyclic) bond motifs is 5. The molecular formula is C27H29FN2O2. The summed E-state index contributed by atoms with van der Waals surface area (Å²) >= 11 is 0. The third-order valence-electron chi connectivity index (χ3n) is 6.06. The van der Waals surface area contributed by atoms with Crippen molar-refractivity contribution in [3.8, 4) is 5.75 Å². The normalized spacial score (nSPS) is 13.1. The van der Waals surface area contributed by atoms with Gasteiger partial charge in [0, 0.05) is 16.8 Å². The molecule has 0 spiro atoms. The predicted octanol–water partition coefficient (Wildman–Crippen LogP) is 7.07. The van der Waals surface area contributed by atoms with Gasteiger partial charge in [0.25, 0.3) is 0 Å². The number of halogens is 1. The first kappa shape index (κ1) is 22.0.